The van der Waals surface area contributed by atoms with Gasteiger partial charge in [0.2, 0.25) is 5.78 Å². The van der Waals surface area contributed by atoms with Crippen molar-refractivity contribution in [3.63, 3.8) is 0 Å². The number of imide groups is 1. The third-order valence-corrected chi connectivity index (χ3v) is 7.11. The number of alkyl halides is 1. The second-order valence-electron chi connectivity index (χ2n) is 8.98. The molecule has 0 fully saturated rings. The molecule has 0 N–H and O–H groups in total. The zero-order chi connectivity index (χ0) is 29.1. The van der Waals surface area contributed by atoms with Gasteiger partial charge in [0.1, 0.15) is 11.5 Å². The summed E-state index contributed by atoms with van der Waals surface area (Å²) in [7, 11) is 0. The molecule has 1 aliphatic rings. The topological polar surface area (TPSA) is 90.0 Å². The lowest BCUT2D eigenvalue weighted by atomic mass is 10.0. The van der Waals surface area contributed by atoms with Gasteiger partial charge in [-0.1, -0.05) is 35.3 Å². The van der Waals surface area contributed by atoms with Crippen LogP contribution in [-0.4, -0.2) is 35.6 Å². The Morgan fingerprint density at radius 2 is 1.44 bits per heavy atom. The maximum atomic E-state index is 13.3. The van der Waals surface area contributed by atoms with E-state index in [9.17, 15) is 19.2 Å². The number of rotatable bonds is 9. The fourth-order valence-electron chi connectivity index (χ4n) is 4.26. The number of anilines is 1. The fourth-order valence-corrected chi connectivity index (χ4v) is 4.76. The summed E-state index contributed by atoms with van der Waals surface area (Å²) in [6, 6.07) is 23.6. The van der Waals surface area contributed by atoms with Gasteiger partial charge in [-0.25, -0.2) is 9.69 Å². The molecule has 0 radical (unpaired) electrons. The summed E-state index contributed by atoms with van der Waals surface area (Å²) in [5, 5.41) is 0.898. The van der Waals surface area contributed by atoms with Crippen molar-refractivity contribution >= 4 is 64.1 Å². The molecule has 1 atom stereocenters. The zero-order valence-corrected chi connectivity index (χ0v) is 23.5. The lowest BCUT2D eigenvalue weighted by Gasteiger charge is -2.16. The Kier molecular flexibility index (Phi) is 8.40. The minimum atomic E-state index is -1.14. The number of Topliss-reactive ketones (excluding diaryl/α,β-unsaturated/α-hetero) is 1. The molecular formula is C31H20Cl3NO6. The van der Waals surface area contributed by atoms with Crippen LogP contribution in [0.2, 0.25) is 10.0 Å². The standard InChI is InChI=1S/C31H20Cl3NO6/c32-16-15-27(28(36)18-5-8-20(33)9-6-18)41-31(39)19-7-14-23-24(17-19)30(38)35(29(23)37)21-10-12-22(13-11-21)40-26-4-2-1-3-25(26)34/h1-14,17,27H,15-16H2. The van der Waals surface area contributed by atoms with E-state index in [2.05, 4.69) is 0 Å². The van der Waals surface area contributed by atoms with Crippen LogP contribution in [0.5, 0.6) is 11.5 Å². The Labute approximate surface area is 250 Å². The first-order valence-corrected chi connectivity index (χ1v) is 13.7. The van der Waals surface area contributed by atoms with Crippen molar-refractivity contribution in [2.45, 2.75) is 12.5 Å². The van der Waals surface area contributed by atoms with E-state index in [1.54, 1.807) is 60.7 Å². The number of ketones is 1. The third-order valence-electron chi connectivity index (χ3n) is 6.32. The Morgan fingerprint density at radius 3 is 2.12 bits per heavy atom. The SMILES string of the molecule is O=C(OC(CCCl)C(=O)c1ccc(Cl)cc1)c1ccc2c(c1)C(=O)N(c1ccc(Oc3ccccc3Cl)cc1)C2=O. The number of benzene rings is 4. The summed E-state index contributed by atoms with van der Waals surface area (Å²) >= 11 is 17.9. The number of hydrogen-bond acceptors (Lipinski definition) is 6. The Bertz CT molecular complexity index is 1650. The first kappa shape index (κ1) is 28.4. The van der Waals surface area contributed by atoms with Gasteiger partial charge in [0.25, 0.3) is 11.8 Å². The third kappa shape index (κ3) is 5.98. The summed E-state index contributed by atoms with van der Waals surface area (Å²) in [5.41, 5.74) is 0.823. The van der Waals surface area contributed by atoms with Crippen molar-refractivity contribution in [3.8, 4) is 11.5 Å². The molecule has 1 heterocycles. The summed E-state index contributed by atoms with van der Waals surface area (Å²) < 4.78 is 11.3. The second kappa shape index (κ2) is 12.1. The Hall–Kier alpha value is -4.17. The molecule has 5 rings (SSSR count). The smallest absolute Gasteiger partial charge is 0.338 e. The molecule has 206 valence electrons. The quantitative estimate of drug-likeness (QED) is 0.0840. The highest BCUT2D eigenvalue weighted by Gasteiger charge is 2.37. The highest BCUT2D eigenvalue weighted by molar-refractivity contribution is 6.35. The molecule has 41 heavy (non-hydrogen) atoms. The molecule has 0 aliphatic carbocycles. The van der Waals surface area contributed by atoms with Crippen LogP contribution in [0.15, 0.2) is 91.0 Å². The average Bonchev–Trinajstić information content (AvgIpc) is 3.23. The van der Waals surface area contributed by atoms with Crippen LogP contribution in [0.1, 0.15) is 47.9 Å². The normalized spacial score (nSPS) is 13.1. The molecule has 2 amide bonds. The summed E-state index contributed by atoms with van der Waals surface area (Å²) in [4.78, 5) is 53.3. The highest BCUT2D eigenvalue weighted by atomic mass is 35.5. The van der Waals surface area contributed by atoms with Crippen molar-refractivity contribution in [2.75, 3.05) is 10.8 Å². The van der Waals surface area contributed by atoms with E-state index < -0.39 is 29.7 Å². The van der Waals surface area contributed by atoms with Crippen LogP contribution in [0.3, 0.4) is 0 Å². The predicted molar refractivity (Wildman–Crippen MR) is 156 cm³/mol. The molecule has 0 spiro atoms. The van der Waals surface area contributed by atoms with Gasteiger partial charge >= 0.3 is 5.97 Å². The molecule has 0 aromatic heterocycles. The minimum absolute atomic E-state index is 0.0127. The second-order valence-corrected chi connectivity index (χ2v) is 10.2. The molecule has 1 unspecified atom stereocenters. The zero-order valence-electron chi connectivity index (χ0n) is 21.2. The van der Waals surface area contributed by atoms with Gasteiger partial charge in [0.05, 0.1) is 27.4 Å². The van der Waals surface area contributed by atoms with Gasteiger partial charge in [-0.15, -0.1) is 11.6 Å². The molecule has 0 bridgehead atoms. The highest BCUT2D eigenvalue weighted by Crippen LogP contribution is 2.33. The van der Waals surface area contributed by atoms with Crippen LogP contribution < -0.4 is 9.64 Å². The Morgan fingerprint density at radius 1 is 0.780 bits per heavy atom. The fraction of sp³-hybridized carbons (Fsp3) is 0.0968. The molecule has 10 heteroatoms. The number of para-hydroxylation sites is 1. The largest absolute Gasteiger partial charge is 0.456 e. The Balaban J connectivity index is 1.32. The van der Waals surface area contributed by atoms with Crippen LogP contribution in [0.25, 0.3) is 0 Å². The van der Waals surface area contributed by atoms with Crippen molar-refractivity contribution in [1.82, 2.24) is 0 Å². The molecule has 1 aliphatic heterocycles. The van der Waals surface area contributed by atoms with Gasteiger partial charge in [-0.2, -0.15) is 0 Å². The van der Waals surface area contributed by atoms with E-state index in [0.29, 0.717) is 32.8 Å². The van der Waals surface area contributed by atoms with Gasteiger partial charge in [-0.05, 0) is 78.9 Å². The van der Waals surface area contributed by atoms with E-state index >= 15 is 0 Å². The summed E-state index contributed by atoms with van der Waals surface area (Å²) in [6.45, 7) is 0. The van der Waals surface area contributed by atoms with Gasteiger partial charge in [0, 0.05) is 22.9 Å². The number of amides is 2. The minimum Gasteiger partial charge on any atom is -0.456 e. The lowest BCUT2D eigenvalue weighted by Crippen LogP contribution is -2.29. The number of nitrogens with zero attached hydrogens (tertiary/aromatic N) is 1. The molecule has 7 nitrogen and oxygen atoms in total. The van der Waals surface area contributed by atoms with E-state index in [1.165, 1.54) is 30.3 Å². The molecule has 4 aromatic carbocycles. The van der Waals surface area contributed by atoms with E-state index in [1.807, 2.05) is 0 Å². The maximum absolute atomic E-state index is 13.3. The summed E-state index contributed by atoms with van der Waals surface area (Å²) in [6.07, 6.45) is -1.06. The van der Waals surface area contributed by atoms with Gasteiger partial charge in [-0.3, -0.25) is 14.4 Å². The number of halogens is 3. The first-order valence-electron chi connectivity index (χ1n) is 12.4. The van der Waals surface area contributed by atoms with Crippen LogP contribution >= 0.6 is 34.8 Å². The van der Waals surface area contributed by atoms with Crippen LogP contribution in [0, 0.1) is 0 Å². The monoisotopic (exact) mass is 607 g/mol. The lowest BCUT2D eigenvalue weighted by molar-refractivity contribution is 0.0278. The van der Waals surface area contributed by atoms with Crippen molar-refractivity contribution < 1.29 is 28.7 Å². The molecule has 0 saturated carbocycles. The van der Waals surface area contributed by atoms with Gasteiger partial charge in [0.15, 0.2) is 6.10 Å². The predicted octanol–water partition coefficient (Wildman–Crippen LogP) is 7.62. The van der Waals surface area contributed by atoms with E-state index in [4.69, 9.17) is 44.3 Å². The average molecular weight is 609 g/mol. The van der Waals surface area contributed by atoms with Gasteiger partial charge < -0.3 is 9.47 Å². The number of fused-ring (bicyclic) bond motifs is 1. The van der Waals surface area contributed by atoms with Crippen molar-refractivity contribution in [1.29, 1.82) is 0 Å². The number of ether oxygens (including phenoxy) is 2. The van der Waals surface area contributed by atoms with Crippen LogP contribution in [0.4, 0.5) is 5.69 Å². The summed E-state index contributed by atoms with van der Waals surface area (Å²) in [5.74, 6) is -1.41. The van der Waals surface area contributed by atoms with Crippen molar-refractivity contribution in [3.05, 3.63) is 123 Å². The molecule has 4 aromatic rings. The number of carbonyl (C=O) groups is 4. The first-order chi connectivity index (χ1) is 19.8. The van der Waals surface area contributed by atoms with Crippen molar-refractivity contribution in [2.24, 2.45) is 0 Å². The molecular weight excluding hydrogens is 589 g/mol. The van der Waals surface area contributed by atoms with Crippen LogP contribution in [-0.2, 0) is 4.74 Å². The number of esters is 1. The number of carbonyl (C=O) groups excluding carboxylic acids is 4. The van der Waals surface area contributed by atoms with E-state index in [-0.39, 0.29) is 29.0 Å². The molecule has 0 saturated heterocycles. The maximum Gasteiger partial charge on any atom is 0.338 e. The van der Waals surface area contributed by atoms with E-state index in [0.717, 1.165) is 4.90 Å². The number of hydrogen-bond donors (Lipinski definition) is 0.